The summed E-state index contributed by atoms with van der Waals surface area (Å²) in [5.74, 6) is -0.751. The number of carbonyl (C=O) groups excluding carboxylic acids is 2. The Kier molecular flexibility index (Phi) is 4.20. The van der Waals surface area contributed by atoms with Crippen molar-refractivity contribution in [2.75, 3.05) is 37.6 Å². The highest BCUT2D eigenvalue weighted by atomic mass is 16.2. The predicted molar refractivity (Wildman–Crippen MR) is 81.2 cm³/mol. The van der Waals surface area contributed by atoms with E-state index in [0.717, 1.165) is 43.6 Å². The maximum atomic E-state index is 12.6. The van der Waals surface area contributed by atoms with Gasteiger partial charge >= 0.3 is 11.8 Å². The van der Waals surface area contributed by atoms with E-state index in [4.69, 9.17) is 0 Å². The summed E-state index contributed by atoms with van der Waals surface area (Å²) in [5, 5.41) is 3.25. The molecule has 2 amide bonds. The van der Waals surface area contributed by atoms with Crippen molar-refractivity contribution in [2.45, 2.75) is 19.3 Å². The van der Waals surface area contributed by atoms with Gasteiger partial charge < -0.3 is 15.1 Å². The molecule has 0 spiro atoms. The molecule has 5 heteroatoms. The number of rotatable bonds is 0. The SMILES string of the molecule is O=C(C(=O)N1CCCc2ccccc21)N1CCCNCC1. The summed E-state index contributed by atoms with van der Waals surface area (Å²) in [7, 11) is 0. The number of para-hydroxylation sites is 1. The number of hydrogen-bond donors (Lipinski definition) is 1. The Balaban J connectivity index is 1.77. The standard InChI is InChI=1S/C16H21N3O2/c20-15(18-10-4-8-17-9-12-18)16(21)19-11-3-6-13-5-1-2-7-14(13)19/h1-2,5,7,17H,3-4,6,8-12H2. The van der Waals surface area contributed by atoms with Crippen LogP contribution in [0, 0.1) is 0 Å². The Labute approximate surface area is 124 Å². The third kappa shape index (κ3) is 2.93. The van der Waals surface area contributed by atoms with Gasteiger partial charge in [0.15, 0.2) is 0 Å². The predicted octanol–water partition coefficient (Wildman–Crippen LogP) is 0.788. The van der Waals surface area contributed by atoms with Crippen LogP contribution in [0.1, 0.15) is 18.4 Å². The molecule has 21 heavy (non-hydrogen) atoms. The molecule has 0 bridgehead atoms. The van der Waals surface area contributed by atoms with Gasteiger partial charge in [-0.05, 0) is 37.4 Å². The van der Waals surface area contributed by atoms with E-state index in [1.54, 1.807) is 9.80 Å². The van der Waals surface area contributed by atoms with Crippen molar-refractivity contribution in [1.82, 2.24) is 10.2 Å². The molecule has 0 saturated carbocycles. The molecule has 5 nitrogen and oxygen atoms in total. The number of hydrogen-bond acceptors (Lipinski definition) is 3. The third-order valence-corrected chi connectivity index (χ3v) is 4.17. The van der Waals surface area contributed by atoms with Gasteiger partial charge in [-0.1, -0.05) is 18.2 Å². The number of anilines is 1. The Bertz CT molecular complexity index is 536. The molecule has 0 aromatic heterocycles. The van der Waals surface area contributed by atoms with E-state index in [9.17, 15) is 9.59 Å². The second-order valence-electron chi connectivity index (χ2n) is 5.58. The second-order valence-corrected chi connectivity index (χ2v) is 5.58. The fourth-order valence-corrected chi connectivity index (χ4v) is 3.04. The van der Waals surface area contributed by atoms with E-state index in [0.29, 0.717) is 19.6 Å². The van der Waals surface area contributed by atoms with Crippen LogP contribution in [0.15, 0.2) is 24.3 Å². The molecule has 1 aromatic rings. The van der Waals surface area contributed by atoms with E-state index >= 15 is 0 Å². The number of nitrogens with one attached hydrogen (secondary N) is 1. The van der Waals surface area contributed by atoms with Crippen molar-refractivity contribution >= 4 is 17.5 Å². The van der Waals surface area contributed by atoms with Gasteiger partial charge in [0.2, 0.25) is 0 Å². The summed E-state index contributed by atoms with van der Waals surface area (Å²) < 4.78 is 0. The highest BCUT2D eigenvalue weighted by molar-refractivity contribution is 6.40. The summed E-state index contributed by atoms with van der Waals surface area (Å²) in [5.41, 5.74) is 2.05. The van der Waals surface area contributed by atoms with Gasteiger partial charge in [0.05, 0.1) is 0 Å². The number of carbonyl (C=O) groups is 2. The van der Waals surface area contributed by atoms with Crippen LogP contribution in [0.5, 0.6) is 0 Å². The van der Waals surface area contributed by atoms with E-state index in [1.165, 1.54) is 0 Å². The largest absolute Gasteiger partial charge is 0.333 e. The maximum absolute atomic E-state index is 12.6. The quantitative estimate of drug-likeness (QED) is 0.718. The minimum Gasteiger partial charge on any atom is -0.333 e. The Morgan fingerprint density at radius 1 is 0.952 bits per heavy atom. The summed E-state index contributed by atoms with van der Waals surface area (Å²) >= 11 is 0. The van der Waals surface area contributed by atoms with Gasteiger partial charge in [-0.3, -0.25) is 9.59 Å². The average molecular weight is 287 g/mol. The van der Waals surface area contributed by atoms with Crippen molar-refractivity contribution in [3.8, 4) is 0 Å². The summed E-state index contributed by atoms with van der Waals surface area (Å²) in [6, 6.07) is 7.87. The van der Waals surface area contributed by atoms with Crippen molar-refractivity contribution in [2.24, 2.45) is 0 Å². The van der Waals surface area contributed by atoms with Crippen LogP contribution in [0.4, 0.5) is 5.69 Å². The van der Waals surface area contributed by atoms with Crippen molar-refractivity contribution in [1.29, 1.82) is 0 Å². The molecule has 0 aliphatic carbocycles. The summed E-state index contributed by atoms with van der Waals surface area (Å²) in [6.45, 7) is 3.57. The van der Waals surface area contributed by atoms with Gasteiger partial charge in [0, 0.05) is 31.9 Å². The number of benzene rings is 1. The number of aryl methyl sites for hydroxylation is 1. The van der Waals surface area contributed by atoms with Crippen LogP contribution < -0.4 is 10.2 Å². The van der Waals surface area contributed by atoms with E-state index in [1.807, 2.05) is 24.3 Å². The molecular weight excluding hydrogens is 266 g/mol. The first-order valence-electron chi connectivity index (χ1n) is 7.67. The van der Waals surface area contributed by atoms with E-state index in [2.05, 4.69) is 5.32 Å². The van der Waals surface area contributed by atoms with Crippen LogP contribution >= 0.6 is 0 Å². The molecule has 1 fully saturated rings. The summed E-state index contributed by atoms with van der Waals surface area (Å²) in [4.78, 5) is 28.4. The molecule has 2 aliphatic heterocycles. The van der Waals surface area contributed by atoms with Crippen LogP contribution in [-0.4, -0.2) is 49.4 Å². The van der Waals surface area contributed by atoms with Crippen molar-refractivity contribution in [3.05, 3.63) is 29.8 Å². The zero-order valence-electron chi connectivity index (χ0n) is 12.2. The molecule has 0 radical (unpaired) electrons. The number of amides is 2. The zero-order chi connectivity index (χ0) is 14.7. The van der Waals surface area contributed by atoms with Gasteiger partial charge in [0.25, 0.3) is 0 Å². The van der Waals surface area contributed by atoms with Crippen molar-refractivity contribution < 1.29 is 9.59 Å². The van der Waals surface area contributed by atoms with Gasteiger partial charge in [-0.2, -0.15) is 0 Å². The van der Waals surface area contributed by atoms with Crippen molar-refractivity contribution in [3.63, 3.8) is 0 Å². The molecule has 0 unspecified atom stereocenters. The Morgan fingerprint density at radius 3 is 2.71 bits per heavy atom. The monoisotopic (exact) mass is 287 g/mol. The molecule has 1 saturated heterocycles. The van der Waals surface area contributed by atoms with Gasteiger partial charge in [-0.15, -0.1) is 0 Å². The lowest BCUT2D eigenvalue weighted by atomic mass is 10.0. The van der Waals surface area contributed by atoms with Crippen LogP contribution in [-0.2, 0) is 16.0 Å². The molecule has 1 aromatic carbocycles. The van der Waals surface area contributed by atoms with E-state index in [-0.39, 0.29) is 11.8 Å². The molecular formula is C16H21N3O2. The fraction of sp³-hybridized carbons (Fsp3) is 0.500. The van der Waals surface area contributed by atoms with Gasteiger partial charge in [-0.25, -0.2) is 0 Å². The highest BCUT2D eigenvalue weighted by Gasteiger charge is 2.30. The molecule has 2 aliphatic rings. The minimum absolute atomic E-state index is 0.365. The molecule has 2 heterocycles. The average Bonchev–Trinajstić information content (AvgIpc) is 2.82. The lowest BCUT2D eigenvalue weighted by Crippen LogP contribution is -2.48. The molecule has 3 rings (SSSR count). The first-order valence-corrected chi connectivity index (χ1v) is 7.67. The highest BCUT2D eigenvalue weighted by Crippen LogP contribution is 2.26. The molecule has 0 atom stereocenters. The molecule has 112 valence electrons. The van der Waals surface area contributed by atoms with Crippen LogP contribution in [0.25, 0.3) is 0 Å². The fourth-order valence-electron chi connectivity index (χ4n) is 3.04. The number of fused-ring (bicyclic) bond motifs is 1. The normalized spacial score (nSPS) is 18.9. The van der Waals surface area contributed by atoms with Crippen LogP contribution in [0.2, 0.25) is 0 Å². The number of nitrogens with zero attached hydrogens (tertiary/aromatic N) is 2. The smallest absolute Gasteiger partial charge is 0.316 e. The maximum Gasteiger partial charge on any atom is 0.316 e. The first-order chi connectivity index (χ1) is 10.3. The Morgan fingerprint density at radius 2 is 1.81 bits per heavy atom. The lowest BCUT2D eigenvalue weighted by Gasteiger charge is -2.30. The first kappa shape index (κ1) is 14.1. The Hall–Kier alpha value is -1.88. The summed E-state index contributed by atoms with van der Waals surface area (Å²) in [6.07, 6.45) is 2.79. The lowest BCUT2D eigenvalue weighted by molar-refractivity contribution is -0.144. The topological polar surface area (TPSA) is 52.7 Å². The van der Waals surface area contributed by atoms with Gasteiger partial charge in [0.1, 0.15) is 0 Å². The van der Waals surface area contributed by atoms with E-state index < -0.39 is 0 Å². The zero-order valence-corrected chi connectivity index (χ0v) is 12.2. The molecule has 1 N–H and O–H groups in total. The second kappa shape index (κ2) is 6.26. The van der Waals surface area contributed by atoms with Crippen LogP contribution in [0.3, 0.4) is 0 Å². The minimum atomic E-state index is -0.385. The third-order valence-electron chi connectivity index (χ3n) is 4.17.